The molecule has 3 rings (SSSR count). The van der Waals surface area contributed by atoms with E-state index in [-0.39, 0.29) is 11.4 Å². The number of benzene rings is 2. The Bertz CT molecular complexity index is 905. The minimum atomic E-state index is -0.631. The van der Waals surface area contributed by atoms with Crippen molar-refractivity contribution in [2.45, 2.75) is 0 Å². The van der Waals surface area contributed by atoms with Crippen LogP contribution >= 0.6 is 22.9 Å². The van der Waals surface area contributed by atoms with E-state index in [0.29, 0.717) is 15.1 Å². The van der Waals surface area contributed by atoms with Gasteiger partial charge >= 0.3 is 0 Å². The van der Waals surface area contributed by atoms with Crippen molar-refractivity contribution in [3.8, 4) is 10.4 Å². The highest BCUT2D eigenvalue weighted by molar-refractivity contribution is 7.22. The number of non-ortho nitro benzene ring substituents is 2. The van der Waals surface area contributed by atoms with Gasteiger partial charge in [0.05, 0.1) is 21.3 Å². The van der Waals surface area contributed by atoms with E-state index in [2.05, 4.69) is 0 Å². The third kappa shape index (κ3) is 2.51. The van der Waals surface area contributed by atoms with Crippen molar-refractivity contribution in [2.24, 2.45) is 0 Å². The van der Waals surface area contributed by atoms with Crippen LogP contribution in [0.3, 0.4) is 0 Å². The number of hydrogen-bond donors (Lipinski definition) is 0. The van der Waals surface area contributed by atoms with E-state index in [9.17, 15) is 20.2 Å². The molecule has 110 valence electrons. The molecule has 0 saturated carbocycles. The van der Waals surface area contributed by atoms with Gasteiger partial charge in [-0.2, -0.15) is 0 Å². The maximum Gasteiger partial charge on any atom is 0.284 e. The zero-order valence-corrected chi connectivity index (χ0v) is 12.4. The minimum Gasteiger partial charge on any atom is -0.258 e. The molecule has 1 heterocycles. The minimum absolute atomic E-state index is 0.263. The zero-order valence-electron chi connectivity index (χ0n) is 10.9. The van der Waals surface area contributed by atoms with Crippen molar-refractivity contribution in [3.05, 3.63) is 67.7 Å². The summed E-state index contributed by atoms with van der Waals surface area (Å²) in [6, 6.07) is 11.1. The first-order chi connectivity index (χ1) is 10.5. The van der Waals surface area contributed by atoms with Crippen LogP contribution in [-0.2, 0) is 0 Å². The van der Waals surface area contributed by atoms with Crippen molar-refractivity contribution >= 4 is 44.4 Å². The van der Waals surface area contributed by atoms with E-state index in [1.165, 1.54) is 17.4 Å². The highest BCUT2D eigenvalue weighted by Crippen LogP contribution is 2.40. The Hall–Kier alpha value is -2.51. The fraction of sp³-hybridized carbons (Fsp3) is 0. The molecule has 8 heteroatoms. The van der Waals surface area contributed by atoms with Crippen LogP contribution in [0.4, 0.5) is 11.4 Å². The average Bonchev–Trinajstić information content (AvgIpc) is 2.90. The number of nitro groups is 2. The Morgan fingerprint density at radius 3 is 2.23 bits per heavy atom. The predicted molar refractivity (Wildman–Crippen MR) is 85.6 cm³/mol. The highest BCUT2D eigenvalue weighted by Gasteiger charge is 2.21. The first kappa shape index (κ1) is 14.4. The Morgan fingerprint density at radius 1 is 0.955 bits per heavy atom. The maximum absolute atomic E-state index is 11.2. The summed E-state index contributed by atoms with van der Waals surface area (Å²) in [5, 5.41) is 23.0. The SMILES string of the molecule is O=[N+]([O-])c1cc([N+](=O)[O-])c2cc(-c3ccc(Cl)cc3)sc2c1. The van der Waals surface area contributed by atoms with Gasteiger partial charge in [-0.3, -0.25) is 20.2 Å². The first-order valence-corrected chi connectivity index (χ1v) is 7.27. The largest absolute Gasteiger partial charge is 0.284 e. The van der Waals surface area contributed by atoms with Gasteiger partial charge in [-0.25, -0.2) is 0 Å². The fourth-order valence-electron chi connectivity index (χ4n) is 2.12. The van der Waals surface area contributed by atoms with Gasteiger partial charge in [0.15, 0.2) is 0 Å². The molecule has 22 heavy (non-hydrogen) atoms. The molecule has 1 aromatic heterocycles. The van der Waals surface area contributed by atoms with Crippen LogP contribution < -0.4 is 0 Å². The lowest BCUT2D eigenvalue weighted by molar-refractivity contribution is -0.393. The Balaban J connectivity index is 2.24. The van der Waals surface area contributed by atoms with Gasteiger partial charge in [0.1, 0.15) is 0 Å². The van der Waals surface area contributed by atoms with Crippen LogP contribution in [0.1, 0.15) is 0 Å². The summed E-state index contributed by atoms with van der Waals surface area (Å²) in [5.41, 5.74) is 0.298. The number of fused-ring (bicyclic) bond motifs is 1. The van der Waals surface area contributed by atoms with Gasteiger partial charge in [-0.15, -0.1) is 11.3 Å². The Kier molecular flexibility index (Phi) is 3.51. The van der Waals surface area contributed by atoms with Gasteiger partial charge in [-0.05, 0) is 23.8 Å². The van der Waals surface area contributed by atoms with Crippen LogP contribution in [0, 0.1) is 20.2 Å². The lowest BCUT2D eigenvalue weighted by atomic mass is 10.1. The van der Waals surface area contributed by atoms with E-state index in [1.54, 1.807) is 30.3 Å². The summed E-state index contributed by atoms with van der Waals surface area (Å²) in [6.45, 7) is 0. The zero-order chi connectivity index (χ0) is 15.9. The van der Waals surface area contributed by atoms with Gasteiger partial charge in [0.2, 0.25) is 0 Å². The summed E-state index contributed by atoms with van der Waals surface area (Å²) in [4.78, 5) is 21.6. The third-order valence-corrected chi connectivity index (χ3v) is 4.52. The second kappa shape index (κ2) is 5.36. The second-order valence-corrected chi connectivity index (χ2v) is 6.03. The number of halogens is 1. The number of nitro benzene ring substituents is 2. The Labute approximate surface area is 132 Å². The second-order valence-electron chi connectivity index (χ2n) is 4.51. The smallest absolute Gasteiger partial charge is 0.258 e. The molecule has 0 atom stereocenters. The molecule has 0 amide bonds. The first-order valence-electron chi connectivity index (χ1n) is 6.08. The van der Waals surface area contributed by atoms with Crippen molar-refractivity contribution in [3.63, 3.8) is 0 Å². The van der Waals surface area contributed by atoms with Gasteiger partial charge in [-0.1, -0.05) is 23.7 Å². The average molecular weight is 335 g/mol. The lowest BCUT2D eigenvalue weighted by Gasteiger charge is -1.95. The van der Waals surface area contributed by atoms with E-state index in [1.807, 2.05) is 0 Å². The molecule has 6 nitrogen and oxygen atoms in total. The number of hydrogen-bond acceptors (Lipinski definition) is 5. The third-order valence-electron chi connectivity index (χ3n) is 3.14. The topological polar surface area (TPSA) is 86.3 Å². The summed E-state index contributed by atoms with van der Waals surface area (Å²) in [7, 11) is 0. The predicted octanol–water partition coefficient (Wildman–Crippen LogP) is 5.04. The monoisotopic (exact) mass is 334 g/mol. The van der Waals surface area contributed by atoms with Gasteiger partial charge in [0.25, 0.3) is 11.4 Å². The molecule has 0 aliphatic heterocycles. The molecule has 0 unspecified atom stereocenters. The van der Waals surface area contributed by atoms with Crippen molar-refractivity contribution in [2.75, 3.05) is 0 Å². The van der Waals surface area contributed by atoms with Crippen molar-refractivity contribution in [1.82, 2.24) is 0 Å². The molecule has 0 aliphatic carbocycles. The number of rotatable bonds is 3. The normalized spacial score (nSPS) is 10.8. The number of thiophene rings is 1. The van der Waals surface area contributed by atoms with Crippen LogP contribution in [0.5, 0.6) is 0 Å². The summed E-state index contributed by atoms with van der Waals surface area (Å²) in [5.74, 6) is 0. The quantitative estimate of drug-likeness (QED) is 0.496. The molecule has 0 spiro atoms. The van der Waals surface area contributed by atoms with E-state index in [4.69, 9.17) is 11.6 Å². The lowest BCUT2D eigenvalue weighted by Crippen LogP contribution is -1.92. The fourth-order valence-corrected chi connectivity index (χ4v) is 3.37. The Morgan fingerprint density at radius 2 is 1.64 bits per heavy atom. The summed E-state index contributed by atoms with van der Waals surface area (Å²) >= 11 is 7.11. The molecule has 0 radical (unpaired) electrons. The van der Waals surface area contributed by atoms with Crippen LogP contribution in [0.25, 0.3) is 20.5 Å². The summed E-state index contributed by atoms with van der Waals surface area (Å²) < 4.78 is 0.505. The van der Waals surface area contributed by atoms with Crippen LogP contribution in [0.2, 0.25) is 5.02 Å². The molecule has 3 aromatic rings. The van der Waals surface area contributed by atoms with Gasteiger partial charge < -0.3 is 0 Å². The standard InChI is InChI=1S/C14H7ClN2O4S/c15-9-3-1-8(2-4-9)13-7-11-12(17(20)21)5-10(16(18)19)6-14(11)22-13/h1-7H. The highest BCUT2D eigenvalue weighted by atomic mass is 35.5. The van der Waals surface area contributed by atoms with E-state index < -0.39 is 9.85 Å². The van der Waals surface area contributed by atoms with Crippen LogP contribution in [0.15, 0.2) is 42.5 Å². The molecule has 0 bridgehead atoms. The molecule has 0 aliphatic rings. The van der Waals surface area contributed by atoms with Gasteiger partial charge in [0, 0.05) is 20.7 Å². The van der Waals surface area contributed by atoms with E-state index >= 15 is 0 Å². The number of nitrogens with zero attached hydrogens (tertiary/aromatic N) is 2. The molecule has 0 N–H and O–H groups in total. The molecule has 2 aromatic carbocycles. The van der Waals surface area contributed by atoms with Crippen molar-refractivity contribution in [1.29, 1.82) is 0 Å². The molecular weight excluding hydrogens is 328 g/mol. The summed E-state index contributed by atoms with van der Waals surface area (Å²) in [6.07, 6.45) is 0. The molecule has 0 fully saturated rings. The molecular formula is C14H7ClN2O4S. The maximum atomic E-state index is 11.2. The van der Waals surface area contributed by atoms with E-state index in [0.717, 1.165) is 16.5 Å². The molecule has 0 saturated heterocycles. The van der Waals surface area contributed by atoms with Crippen molar-refractivity contribution < 1.29 is 9.85 Å². The van der Waals surface area contributed by atoms with Crippen LogP contribution in [-0.4, -0.2) is 9.85 Å².